The van der Waals surface area contributed by atoms with E-state index in [9.17, 15) is 0 Å². The van der Waals surface area contributed by atoms with Gasteiger partial charge < -0.3 is 5.32 Å². The summed E-state index contributed by atoms with van der Waals surface area (Å²) in [5.74, 6) is 0. The Labute approximate surface area is 113 Å². The molecule has 0 radical (unpaired) electrons. The van der Waals surface area contributed by atoms with Gasteiger partial charge >= 0.3 is 0 Å². The maximum absolute atomic E-state index is 3.67. The average molecular weight is 247 g/mol. The summed E-state index contributed by atoms with van der Waals surface area (Å²) in [5.41, 5.74) is 2.95. The number of hydrogen-bond acceptors (Lipinski definition) is 1. The van der Waals surface area contributed by atoms with Gasteiger partial charge in [-0.1, -0.05) is 51.5 Å². The first-order chi connectivity index (χ1) is 8.80. The van der Waals surface area contributed by atoms with Crippen molar-refractivity contribution in [3.05, 3.63) is 35.4 Å². The Morgan fingerprint density at radius 2 is 1.78 bits per heavy atom. The highest BCUT2D eigenvalue weighted by Gasteiger charge is 2.06. The smallest absolute Gasteiger partial charge is 0.00701 e. The molecule has 0 aliphatic heterocycles. The van der Waals surface area contributed by atoms with Gasteiger partial charge in [0.15, 0.2) is 0 Å². The molecule has 1 N–H and O–H groups in total. The van der Waals surface area contributed by atoms with E-state index in [-0.39, 0.29) is 0 Å². The molecule has 1 heteroatoms. The predicted molar refractivity (Wildman–Crippen MR) is 81.1 cm³/mol. The molecule has 1 aromatic rings. The minimum Gasteiger partial charge on any atom is -0.314 e. The fourth-order valence-electron chi connectivity index (χ4n) is 2.39. The van der Waals surface area contributed by atoms with Crippen molar-refractivity contribution in [2.24, 2.45) is 0 Å². The van der Waals surface area contributed by atoms with Gasteiger partial charge in [0.25, 0.3) is 0 Å². The molecule has 0 saturated carbocycles. The SMILES string of the molecule is CCCNC(CCC)CCc1cccc(CC)c1. The van der Waals surface area contributed by atoms with Crippen molar-refractivity contribution in [3.8, 4) is 0 Å². The van der Waals surface area contributed by atoms with Crippen molar-refractivity contribution in [1.29, 1.82) is 0 Å². The number of benzene rings is 1. The minimum atomic E-state index is 0.695. The van der Waals surface area contributed by atoms with Crippen molar-refractivity contribution >= 4 is 0 Å². The Morgan fingerprint density at radius 1 is 1.00 bits per heavy atom. The van der Waals surface area contributed by atoms with E-state index in [1.165, 1.54) is 43.2 Å². The number of nitrogens with one attached hydrogen (secondary N) is 1. The summed E-state index contributed by atoms with van der Waals surface area (Å²) in [6.45, 7) is 7.89. The van der Waals surface area contributed by atoms with Crippen LogP contribution in [-0.4, -0.2) is 12.6 Å². The van der Waals surface area contributed by atoms with E-state index >= 15 is 0 Å². The van der Waals surface area contributed by atoms with E-state index in [2.05, 4.69) is 50.4 Å². The van der Waals surface area contributed by atoms with Crippen molar-refractivity contribution in [3.63, 3.8) is 0 Å². The molecule has 0 aromatic heterocycles. The summed E-state index contributed by atoms with van der Waals surface area (Å²) < 4.78 is 0. The zero-order valence-corrected chi connectivity index (χ0v) is 12.3. The molecule has 0 bridgehead atoms. The quantitative estimate of drug-likeness (QED) is 0.684. The van der Waals surface area contributed by atoms with Gasteiger partial charge in [-0.25, -0.2) is 0 Å². The lowest BCUT2D eigenvalue weighted by Gasteiger charge is -2.17. The Bertz CT molecular complexity index is 319. The molecule has 0 aliphatic carbocycles. The first-order valence-electron chi connectivity index (χ1n) is 7.61. The molecule has 0 saturated heterocycles. The molecule has 0 amide bonds. The molecule has 102 valence electrons. The average Bonchev–Trinajstić information content (AvgIpc) is 2.42. The predicted octanol–water partition coefficient (Wildman–Crippen LogP) is 4.35. The van der Waals surface area contributed by atoms with Crippen LogP contribution in [0.5, 0.6) is 0 Å². The summed E-state index contributed by atoms with van der Waals surface area (Å²) in [6, 6.07) is 9.75. The largest absolute Gasteiger partial charge is 0.314 e. The van der Waals surface area contributed by atoms with Crippen LogP contribution in [0.2, 0.25) is 0 Å². The van der Waals surface area contributed by atoms with Gasteiger partial charge in [-0.05, 0) is 49.8 Å². The first kappa shape index (κ1) is 15.2. The number of rotatable bonds is 9. The lowest BCUT2D eigenvalue weighted by atomic mass is 10.00. The van der Waals surface area contributed by atoms with Crippen LogP contribution in [0.3, 0.4) is 0 Å². The molecular formula is C17H29N. The maximum atomic E-state index is 3.67. The molecule has 0 aliphatic rings. The van der Waals surface area contributed by atoms with Crippen LogP contribution >= 0.6 is 0 Å². The number of aryl methyl sites for hydroxylation is 2. The van der Waals surface area contributed by atoms with Crippen LogP contribution in [0, 0.1) is 0 Å². The zero-order valence-electron chi connectivity index (χ0n) is 12.3. The standard InChI is InChI=1S/C17H29N/c1-4-8-17(18-13-5-2)12-11-16-10-7-9-15(6-3)14-16/h7,9-10,14,17-18H,4-6,8,11-13H2,1-3H3. The van der Waals surface area contributed by atoms with Crippen molar-refractivity contribution in [1.82, 2.24) is 5.32 Å². The summed E-state index contributed by atoms with van der Waals surface area (Å²) in [7, 11) is 0. The Hall–Kier alpha value is -0.820. The van der Waals surface area contributed by atoms with Gasteiger partial charge in [0, 0.05) is 6.04 Å². The van der Waals surface area contributed by atoms with Crippen molar-refractivity contribution in [2.45, 2.75) is 65.3 Å². The maximum Gasteiger partial charge on any atom is 0.00701 e. The highest BCUT2D eigenvalue weighted by atomic mass is 14.9. The third-order valence-electron chi connectivity index (χ3n) is 3.50. The molecule has 1 aromatic carbocycles. The summed E-state index contributed by atoms with van der Waals surface area (Å²) >= 11 is 0. The molecule has 1 nitrogen and oxygen atoms in total. The van der Waals surface area contributed by atoms with E-state index in [4.69, 9.17) is 0 Å². The minimum absolute atomic E-state index is 0.695. The van der Waals surface area contributed by atoms with Gasteiger partial charge in [0.05, 0.1) is 0 Å². The molecule has 18 heavy (non-hydrogen) atoms. The third-order valence-corrected chi connectivity index (χ3v) is 3.50. The van der Waals surface area contributed by atoms with Crippen LogP contribution in [0.25, 0.3) is 0 Å². The lowest BCUT2D eigenvalue weighted by Crippen LogP contribution is -2.30. The van der Waals surface area contributed by atoms with Crippen LogP contribution in [0.1, 0.15) is 57.6 Å². The van der Waals surface area contributed by atoms with Gasteiger partial charge in [-0.15, -0.1) is 0 Å². The van der Waals surface area contributed by atoms with Gasteiger partial charge in [0.2, 0.25) is 0 Å². The fraction of sp³-hybridized carbons (Fsp3) is 0.647. The number of hydrogen-bond donors (Lipinski definition) is 1. The van der Waals surface area contributed by atoms with Gasteiger partial charge in [0.1, 0.15) is 0 Å². The highest BCUT2D eigenvalue weighted by molar-refractivity contribution is 5.23. The highest BCUT2D eigenvalue weighted by Crippen LogP contribution is 2.11. The summed E-state index contributed by atoms with van der Waals surface area (Å²) in [6.07, 6.45) is 7.41. The molecule has 0 fully saturated rings. The van der Waals surface area contributed by atoms with Crippen molar-refractivity contribution < 1.29 is 0 Å². The van der Waals surface area contributed by atoms with Crippen LogP contribution < -0.4 is 5.32 Å². The second-order valence-corrected chi connectivity index (χ2v) is 5.15. The lowest BCUT2D eigenvalue weighted by molar-refractivity contribution is 0.449. The molecule has 1 unspecified atom stereocenters. The Morgan fingerprint density at radius 3 is 2.44 bits per heavy atom. The molecular weight excluding hydrogens is 218 g/mol. The van der Waals surface area contributed by atoms with Crippen molar-refractivity contribution in [2.75, 3.05) is 6.54 Å². The zero-order chi connectivity index (χ0) is 13.2. The topological polar surface area (TPSA) is 12.0 Å². The summed E-state index contributed by atoms with van der Waals surface area (Å²) in [4.78, 5) is 0. The van der Waals surface area contributed by atoms with E-state index in [0.29, 0.717) is 6.04 Å². The van der Waals surface area contributed by atoms with E-state index in [1.54, 1.807) is 0 Å². The molecule has 0 spiro atoms. The fourth-order valence-corrected chi connectivity index (χ4v) is 2.39. The first-order valence-corrected chi connectivity index (χ1v) is 7.61. The third kappa shape index (κ3) is 5.68. The molecule has 1 atom stereocenters. The Balaban J connectivity index is 2.44. The van der Waals surface area contributed by atoms with Gasteiger partial charge in [-0.3, -0.25) is 0 Å². The van der Waals surface area contributed by atoms with E-state index < -0.39 is 0 Å². The van der Waals surface area contributed by atoms with Gasteiger partial charge in [-0.2, -0.15) is 0 Å². The second kappa shape index (κ2) is 9.16. The normalized spacial score (nSPS) is 12.6. The van der Waals surface area contributed by atoms with Crippen LogP contribution in [0.15, 0.2) is 24.3 Å². The monoisotopic (exact) mass is 247 g/mol. The molecule has 1 rings (SSSR count). The second-order valence-electron chi connectivity index (χ2n) is 5.15. The summed E-state index contributed by atoms with van der Waals surface area (Å²) in [5, 5.41) is 3.67. The molecule has 0 heterocycles. The van der Waals surface area contributed by atoms with Crippen LogP contribution in [0.4, 0.5) is 0 Å². The van der Waals surface area contributed by atoms with E-state index in [0.717, 1.165) is 13.0 Å². The van der Waals surface area contributed by atoms with E-state index in [1.807, 2.05) is 0 Å². The Kier molecular flexibility index (Phi) is 7.75. The van der Waals surface area contributed by atoms with Crippen LogP contribution in [-0.2, 0) is 12.8 Å².